The minimum atomic E-state index is -0.739. The zero-order valence-electron chi connectivity index (χ0n) is 12.0. The second kappa shape index (κ2) is 5.48. The maximum atomic E-state index is 12.6. The first-order chi connectivity index (χ1) is 10.1. The lowest BCUT2D eigenvalue weighted by Crippen LogP contribution is -2.38. The van der Waals surface area contributed by atoms with Gasteiger partial charge in [-0.1, -0.05) is 0 Å². The van der Waals surface area contributed by atoms with Gasteiger partial charge in [0.05, 0.1) is 6.10 Å². The fourth-order valence-electron chi connectivity index (χ4n) is 2.66. The topological polar surface area (TPSA) is 86.9 Å². The summed E-state index contributed by atoms with van der Waals surface area (Å²) >= 11 is 0. The molecule has 2 amide bonds. The maximum Gasteiger partial charge on any atom is 0.276 e. The summed E-state index contributed by atoms with van der Waals surface area (Å²) in [5.74, 6) is 0.637. The van der Waals surface area contributed by atoms with Crippen LogP contribution in [-0.2, 0) is 4.79 Å². The van der Waals surface area contributed by atoms with Gasteiger partial charge < -0.3 is 19.3 Å². The molecule has 2 aliphatic rings. The van der Waals surface area contributed by atoms with Crippen LogP contribution in [0, 0.1) is 0 Å². The van der Waals surface area contributed by atoms with Gasteiger partial charge >= 0.3 is 0 Å². The Morgan fingerprint density at radius 2 is 1.95 bits per heavy atom. The zero-order valence-corrected chi connectivity index (χ0v) is 12.0. The Kier molecular flexibility index (Phi) is 3.67. The summed E-state index contributed by atoms with van der Waals surface area (Å²) in [7, 11) is 0. The highest BCUT2D eigenvalue weighted by atomic mass is 16.3. The fourth-order valence-corrected chi connectivity index (χ4v) is 2.66. The van der Waals surface area contributed by atoms with E-state index in [9.17, 15) is 14.7 Å². The molecular formula is C14H19N3O4. The average molecular weight is 293 g/mol. The monoisotopic (exact) mass is 293 g/mol. The van der Waals surface area contributed by atoms with Crippen LogP contribution in [0.3, 0.4) is 0 Å². The lowest BCUT2D eigenvalue weighted by molar-refractivity contribution is -0.129. The van der Waals surface area contributed by atoms with Gasteiger partial charge in [0.15, 0.2) is 12.1 Å². The first-order valence-electron chi connectivity index (χ1n) is 7.22. The molecular weight excluding hydrogens is 274 g/mol. The number of oxazole rings is 1. The predicted molar refractivity (Wildman–Crippen MR) is 72.6 cm³/mol. The van der Waals surface area contributed by atoms with Gasteiger partial charge in [-0.15, -0.1) is 0 Å². The molecule has 1 aromatic heterocycles. The van der Waals surface area contributed by atoms with E-state index in [2.05, 4.69) is 4.98 Å². The molecule has 0 aromatic carbocycles. The molecule has 21 heavy (non-hydrogen) atoms. The Bertz CT molecular complexity index is 552. The molecule has 1 N–H and O–H groups in total. The summed E-state index contributed by atoms with van der Waals surface area (Å²) in [5, 5.41) is 9.98. The van der Waals surface area contributed by atoms with Crippen molar-refractivity contribution in [1.82, 2.24) is 14.8 Å². The molecule has 0 spiro atoms. The molecule has 1 aliphatic heterocycles. The van der Waals surface area contributed by atoms with Crippen LogP contribution < -0.4 is 0 Å². The van der Waals surface area contributed by atoms with Gasteiger partial charge in [-0.05, 0) is 12.8 Å². The fraction of sp³-hybridized carbons (Fsp3) is 0.643. The number of aliphatic hydroxyl groups excluding tert-OH is 1. The number of carbonyl (C=O) groups excluding carboxylic acids is 2. The summed E-state index contributed by atoms with van der Waals surface area (Å²) in [6.07, 6.45) is 2.61. The average Bonchev–Trinajstić information content (AvgIpc) is 3.21. The molecule has 0 radical (unpaired) electrons. The summed E-state index contributed by atoms with van der Waals surface area (Å²) in [6.45, 7) is 2.75. The second-order valence-corrected chi connectivity index (χ2v) is 5.71. The Labute approximate surface area is 122 Å². The molecule has 1 aromatic rings. The van der Waals surface area contributed by atoms with Crippen molar-refractivity contribution < 1.29 is 19.1 Å². The van der Waals surface area contributed by atoms with E-state index >= 15 is 0 Å². The van der Waals surface area contributed by atoms with Crippen LogP contribution in [0.2, 0.25) is 0 Å². The van der Waals surface area contributed by atoms with Gasteiger partial charge in [-0.2, -0.15) is 0 Å². The van der Waals surface area contributed by atoms with Crippen molar-refractivity contribution in [2.75, 3.05) is 26.2 Å². The second-order valence-electron chi connectivity index (χ2n) is 5.71. The predicted octanol–water partition coefficient (Wildman–Crippen LogP) is 0.217. The third kappa shape index (κ3) is 2.92. The third-order valence-corrected chi connectivity index (χ3v) is 3.98. The first kappa shape index (κ1) is 14.1. The van der Waals surface area contributed by atoms with Crippen molar-refractivity contribution in [2.24, 2.45) is 0 Å². The zero-order chi connectivity index (χ0) is 15.0. The molecule has 2 fully saturated rings. The van der Waals surface area contributed by atoms with Crippen molar-refractivity contribution in [1.29, 1.82) is 0 Å². The quantitative estimate of drug-likeness (QED) is 0.842. The highest BCUT2D eigenvalue weighted by Crippen LogP contribution is 2.41. The summed E-state index contributed by atoms with van der Waals surface area (Å²) in [5.41, 5.74) is 0.348. The smallest absolute Gasteiger partial charge is 0.276 e. The number of hydrogen-bond acceptors (Lipinski definition) is 5. The van der Waals surface area contributed by atoms with E-state index in [-0.39, 0.29) is 24.9 Å². The summed E-state index contributed by atoms with van der Waals surface area (Å²) in [6, 6.07) is 0. The molecule has 7 nitrogen and oxygen atoms in total. The number of hydrogen-bond donors (Lipinski definition) is 1. The highest BCUT2D eigenvalue weighted by molar-refractivity contribution is 5.93. The van der Waals surface area contributed by atoms with Crippen LogP contribution in [0.5, 0.6) is 0 Å². The van der Waals surface area contributed by atoms with Crippen LogP contribution in [0.15, 0.2) is 10.8 Å². The Balaban J connectivity index is 1.74. The van der Waals surface area contributed by atoms with Gasteiger partial charge in [0.25, 0.3) is 5.91 Å². The molecule has 0 unspecified atom stereocenters. The minimum Gasteiger partial charge on any atom is -0.447 e. The number of aliphatic hydroxyl groups is 1. The van der Waals surface area contributed by atoms with E-state index in [0.717, 1.165) is 12.8 Å². The Hall–Kier alpha value is -1.89. The van der Waals surface area contributed by atoms with E-state index in [4.69, 9.17) is 4.42 Å². The van der Waals surface area contributed by atoms with Gasteiger partial charge in [-0.25, -0.2) is 4.98 Å². The molecule has 3 rings (SSSR count). The number of nitrogens with zero attached hydrogens (tertiary/aromatic N) is 3. The van der Waals surface area contributed by atoms with Gasteiger partial charge in [0.1, 0.15) is 5.76 Å². The van der Waals surface area contributed by atoms with Crippen LogP contribution >= 0.6 is 0 Å². The maximum absolute atomic E-state index is 12.6. The third-order valence-electron chi connectivity index (χ3n) is 3.98. The largest absolute Gasteiger partial charge is 0.447 e. The minimum absolute atomic E-state index is 0.0940. The molecule has 2 heterocycles. The Morgan fingerprint density at radius 1 is 1.29 bits per heavy atom. The number of aromatic nitrogens is 1. The number of carbonyl (C=O) groups is 2. The highest BCUT2D eigenvalue weighted by Gasteiger charge is 2.35. The van der Waals surface area contributed by atoms with Gasteiger partial charge in [0, 0.05) is 39.0 Å². The summed E-state index contributed by atoms with van der Waals surface area (Å²) in [4.78, 5) is 31.2. The van der Waals surface area contributed by atoms with E-state index in [1.807, 2.05) is 0 Å². The SMILES string of the molecule is CC(=O)N1CCN(C(=O)c2ncoc2C2CC2)C[C@H](O)C1. The van der Waals surface area contributed by atoms with Crippen molar-refractivity contribution in [3.8, 4) is 0 Å². The van der Waals surface area contributed by atoms with E-state index in [0.29, 0.717) is 30.5 Å². The van der Waals surface area contributed by atoms with Gasteiger partial charge in [0.2, 0.25) is 5.91 Å². The first-order valence-corrected chi connectivity index (χ1v) is 7.22. The van der Waals surface area contributed by atoms with Crippen LogP contribution in [-0.4, -0.2) is 64.0 Å². The molecule has 1 aliphatic carbocycles. The standard InChI is InChI=1S/C14H19N3O4/c1-9(18)16-4-5-17(7-11(19)6-16)14(20)12-13(10-2-3-10)21-8-15-12/h8,10-11,19H,2-7H2,1H3/t11-/m1/s1. The van der Waals surface area contributed by atoms with Crippen LogP contribution in [0.25, 0.3) is 0 Å². The number of β-amino-alcohol motifs (C(OH)–C–C–N with tert-alkyl or cyclic N) is 1. The molecule has 1 saturated heterocycles. The van der Waals surface area contributed by atoms with E-state index in [1.165, 1.54) is 13.3 Å². The lowest BCUT2D eigenvalue weighted by atomic mass is 10.2. The summed E-state index contributed by atoms with van der Waals surface area (Å²) < 4.78 is 5.33. The molecule has 1 atom stereocenters. The normalized spacial score (nSPS) is 23.0. The Morgan fingerprint density at radius 3 is 2.62 bits per heavy atom. The van der Waals surface area contributed by atoms with Crippen molar-refractivity contribution in [3.63, 3.8) is 0 Å². The van der Waals surface area contributed by atoms with Crippen molar-refractivity contribution in [2.45, 2.75) is 31.8 Å². The van der Waals surface area contributed by atoms with Crippen molar-refractivity contribution in [3.05, 3.63) is 17.8 Å². The number of rotatable bonds is 2. The number of amides is 2. The van der Waals surface area contributed by atoms with Crippen LogP contribution in [0.4, 0.5) is 0 Å². The van der Waals surface area contributed by atoms with E-state index < -0.39 is 6.10 Å². The molecule has 1 saturated carbocycles. The van der Waals surface area contributed by atoms with Crippen molar-refractivity contribution >= 4 is 11.8 Å². The molecule has 0 bridgehead atoms. The van der Waals surface area contributed by atoms with Crippen LogP contribution in [0.1, 0.15) is 41.9 Å². The molecule has 7 heteroatoms. The lowest BCUT2D eigenvalue weighted by Gasteiger charge is -2.20. The molecule has 114 valence electrons. The van der Waals surface area contributed by atoms with Gasteiger partial charge in [-0.3, -0.25) is 9.59 Å². The van der Waals surface area contributed by atoms with E-state index in [1.54, 1.807) is 9.80 Å².